The number of methoxy groups -OCH3 is 1. The Morgan fingerprint density at radius 1 is 0.781 bits per heavy atom. The second-order valence-electron chi connectivity index (χ2n) is 8.75. The lowest BCUT2D eigenvalue weighted by Crippen LogP contribution is -2.38. The second kappa shape index (κ2) is 9.86. The fraction of sp³-hybridized carbons (Fsp3) is 0.357. The van der Waals surface area contributed by atoms with Gasteiger partial charge < -0.3 is 14.2 Å². The largest absolute Gasteiger partial charge is 0.497 e. The van der Waals surface area contributed by atoms with Crippen LogP contribution in [0.2, 0.25) is 0 Å². The molecule has 0 spiro atoms. The van der Waals surface area contributed by atoms with Gasteiger partial charge in [-0.15, -0.1) is 0 Å². The van der Waals surface area contributed by atoms with E-state index < -0.39 is 0 Å². The first kappa shape index (κ1) is 21.2. The third-order valence-corrected chi connectivity index (χ3v) is 6.81. The molecule has 0 aromatic heterocycles. The Morgan fingerprint density at radius 3 is 2.03 bits per heavy atom. The number of rotatable bonds is 8. The van der Waals surface area contributed by atoms with Crippen LogP contribution >= 0.6 is 0 Å². The fourth-order valence-electron chi connectivity index (χ4n) is 5.20. The van der Waals surface area contributed by atoms with Crippen molar-refractivity contribution in [2.24, 2.45) is 0 Å². The molecule has 32 heavy (non-hydrogen) atoms. The van der Waals surface area contributed by atoms with E-state index in [1.54, 1.807) is 7.11 Å². The van der Waals surface area contributed by atoms with Crippen LogP contribution in [0.1, 0.15) is 29.0 Å². The Kier molecular flexibility index (Phi) is 6.54. The third kappa shape index (κ3) is 4.58. The monoisotopic (exact) mass is 429 g/mol. The smallest absolute Gasteiger partial charge is 0.118 e. The summed E-state index contributed by atoms with van der Waals surface area (Å²) in [7, 11) is 1.71. The number of nitrogens with zero attached hydrogens (tertiary/aromatic N) is 1. The van der Waals surface area contributed by atoms with Gasteiger partial charge in [0.1, 0.15) is 11.9 Å². The average Bonchev–Trinajstić information content (AvgIpc) is 3.42. The number of hydrogen-bond donors (Lipinski definition) is 0. The summed E-state index contributed by atoms with van der Waals surface area (Å²) in [5.41, 5.74) is 3.76. The predicted molar refractivity (Wildman–Crippen MR) is 126 cm³/mol. The topological polar surface area (TPSA) is 30.9 Å². The third-order valence-electron chi connectivity index (χ3n) is 6.81. The summed E-state index contributed by atoms with van der Waals surface area (Å²) >= 11 is 0. The molecule has 0 N–H and O–H groups in total. The molecule has 0 saturated carbocycles. The fourth-order valence-corrected chi connectivity index (χ4v) is 5.20. The van der Waals surface area contributed by atoms with Crippen molar-refractivity contribution in [3.63, 3.8) is 0 Å². The van der Waals surface area contributed by atoms with Gasteiger partial charge in [-0.2, -0.15) is 0 Å². The molecule has 4 heteroatoms. The summed E-state index contributed by atoms with van der Waals surface area (Å²) in [5, 5.41) is 0. The zero-order chi connectivity index (χ0) is 21.8. The summed E-state index contributed by atoms with van der Waals surface area (Å²) in [6.07, 6.45) is 1.24. The van der Waals surface area contributed by atoms with E-state index in [4.69, 9.17) is 14.2 Å². The number of fused-ring (bicyclic) bond motifs is 1. The molecule has 0 radical (unpaired) electrons. The summed E-state index contributed by atoms with van der Waals surface area (Å²) in [4.78, 5) is 2.57. The Balaban J connectivity index is 1.35. The molecule has 0 unspecified atom stereocenters. The number of ether oxygens (including phenoxy) is 3. The maximum Gasteiger partial charge on any atom is 0.118 e. The van der Waals surface area contributed by atoms with Crippen molar-refractivity contribution in [3.05, 3.63) is 102 Å². The van der Waals surface area contributed by atoms with Crippen molar-refractivity contribution in [3.8, 4) is 5.75 Å². The van der Waals surface area contributed by atoms with E-state index >= 15 is 0 Å². The molecule has 166 valence electrons. The lowest BCUT2D eigenvalue weighted by atomic mass is 9.88. The maximum absolute atomic E-state index is 6.61. The normalized spacial score (nSPS) is 25.0. The highest BCUT2D eigenvalue weighted by molar-refractivity contribution is 5.32. The molecule has 4 atom stereocenters. The molecule has 0 amide bonds. The molecule has 2 aliphatic heterocycles. The van der Waals surface area contributed by atoms with E-state index in [0.29, 0.717) is 25.2 Å². The van der Waals surface area contributed by atoms with Crippen LogP contribution < -0.4 is 4.74 Å². The van der Waals surface area contributed by atoms with Crippen molar-refractivity contribution in [2.75, 3.05) is 20.2 Å². The van der Waals surface area contributed by atoms with Gasteiger partial charge in [-0.05, 0) is 41.8 Å². The molecule has 4 nitrogen and oxygen atoms in total. The van der Waals surface area contributed by atoms with Crippen molar-refractivity contribution in [1.29, 1.82) is 0 Å². The van der Waals surface area contributed by atoms with Gasteiger partial charge in [-0.3, -0.25) is 4.90 Å². The van der Waals surface area contributed by atoms with E-state index in [1.165, 1.54) is 16.7 Å². The molecule has 2 fully saturated rings. The average molecular weight is 430 g/mol. The van der Waals surface area contributed by atoms with Crippen LogP contribution in [0, 0.1) is 0 Å². The van der Waals surface area contributed by atoms with Crippen LogP contribution in [0.3, 0.4) is 0 Å². The Labute approximate surface area is 190 Å². The van der Waals surface area contributed by atoms with E-state index in [9.17, 15) is 0 Å². The van der Waals surface area contributed by atoms with Crippen LogP contribution in [-0.2, 0) is 22.7 Å². The molecular formula is C28H31NO3. The highest BCUT2D eigenvalue weighted by Crippen LogP contribution is 2.42. The highest BCUT2D eigenvalue weighted by Gasteiger charge is 2.50. The maximum atomic E-state index is 6.61. The minimum absolute atomic E-state index is 0.0357. The van der Waals surface area contributed by atoms with E-state index in [2.05, 4.69) is 77.7 Å². The predicted octanol–water partition coefficient (Wildman–Crippen LogP) is 5.04. The number of benzene rings is 3. The van der Waals surface area contributed by atoms with Gasteiger partial charge in [0.15, 0.2) is 0 Å². The van der Waals surface area contributed by atoms with Crippen molar-refractivity contribution in [1.82, 2.24) is 4.90 Å². The quantitative estimate of drug-likeness (QED) is 0.502. The Bertz CT molecular complexity index is 977. The van der Waals surface area contributed by atoms with Gasteiger partial charge in [-0.1, -0.05) is 72.8 Å². The molecule has 5 rings (SSSR count). The van der Waals surface area contributed by atoms with Crippen molar-refractivity contribution >= 4 is 0 Å². The standard InChI is InChI=1S/C28H31NO3/c1-30-24-14-12-23(13-15-24)25-16-17-29-18-26(31-19-21-8-4-2-5-9-21)28(27(25)29)32-20-22-10-6-3-7-11-22/h2-15,25-28H,16-20H2,1H3/t25-,26+,27+,28-/m1/s1. The summed E-state index contributed by atoms with van der Waals surface area (Å²) in [5.74, 6) is 1.34. The van der Waals surface area contributed by atoms with E-state index in [1.807, 2.05) is 12.1 Å². The summed E-state index contributed by atoms with van der Waals surface area (Å²) < 4.78 is 18.4. The first-order valence-corrected chi connectivity index (χ1v) is 11.5. The zero-order valence-electron chi connectivity index (χ0n) is 18.6. The molecule has 2 heterocycles. The van der Waals surface area contributed by atoms with Crippen LogP contribution in [0.25, 0.3) is 0 Å². The van der Waals surface area contributed by atoms with Gasteiger partial charge in [0.25, 0.3) is 0 Å². The van der Waals surface area contributed by atoms with E-state index in [-0.39, 0.29) is 12.2 Å². The van der Waals surface area contributed by atoms with Gasteiger partial charge in [0.2, 0.25) is 0 Å². The zero-order valence-corrected chi connectivity index (χ0v) is 18.6. The lowest BCUT2D eigenvalue weighted by Gasteiger charge is -2.29. The molecule has 0 bridgehead atoms. The summed E-state index contributed by atoms with van der Waals surface area (Å²) in [6, 6.07) is 29.7. The SMILES string of the molecule is COc1ccc([C@H]2CCN3C[C@H](OCc4ccccc4)[C@@H](OCc4ccccc4)[C@H]23)cc1. The van der Waals surface area contributed by atoms with E-state index in [0.717, 1.165) is 25.3 Å². The molecule has 3 aromatic carbocycles. The van der Waals surface area contributed by atoms with Gasteiger partial charge in [0.05, 0.1) is 26.4 Å². The van der Waals surface area contributed by atoms with Gasteiger partial charge in [-0.25, -0.2) is 0 Å². The summed E-state index contributed by atoms with van der Waals surface area (Å²) in [6.45, 7) is 3.22. The minimum atomic E-state index is 0.0357. The van der Waals surface area contributed by atoms with Crippen molar-refractivity contribution in [2.45, 2.75) is 43.8 Å². The van der Waals surface area contributed by atoms with Gasteiger partial charge in [0, 0.05) is 18.5 Å². The van der Waals surface area contributed by atoms with Crippen molar-refractivity contribution < 1.29 is 14.2 Å². The second-order valence-corrected chi connectivity index (χ2v) is 8.75. The Morgan fingerprint density at radius 2 is 1.41 bits per heavy atom. The highest BCUT2D eigenvalue weighted by atomic mass is 16.5. The lowest BCUT2D eigenvalue weighted by molar-refractivity contribution is -0.0722. The van der Waals surface area contributed by atoms with Crippen LogP contribution in [0.4, 0.5) is 0 Å². The first-order valence-electron chi connectivity index (χ1n) is 11.5. The van der Waals surface area contributed by atoms with Gasteiger partial charge >= 0.3 is 0 Å². The van der Waals surface area contributed by atoms with Crippen LogP contribution in [0.15, 0.2) is 84.9 Å². The van der Waals surface area contributed by atoms with Crippen LogP contribution in [-0.4, -0.2) is 43.3 Å². The Hall–Kier alpha value is -2.66. The minimum Gasteiger partial charge on any atom is -0.497 e. The molecule has 0 aliphatic carbocycles. The first-order chi connectivity index (χ1) is 15.8. The van der Waals surface area contributed by atoms with Crippen LogP contribution in [0.5, 0.6) is 5.75 Å². The molecule has 2 saturated heterocycles. The number of hydrogen-bond acceptors (Lipinski definition) is 4. The molecule has 3 aromatic rings. The molecular weight excluding hydrogens is 398 g/mol. The molecule has 2 aliphatic rings.